The van der Waals surface area contributed by atoms with Crippen LogP contribution in [0, 0.1) is 0 Å². The van der Waals surface area contributed by atoms with Crippen molar-refractivity contribution in [3.8, 4) is 17.1 Å². The average molecular weight is 520 g/mol. The predicted octanol–water partition coefficient (Wildman–Crippen LogP) is 7.25. The van der Waals surface area contributed by atoms with E-state index in [9.17, 15) is 9.59 Å². The summed E-state index contributed by atoms with van der Waals surface area (Å²) in [5.74, 6) is 0.395. The summed E-state index contributed by atoms with van der Waals surface area (Å²) in [6, 6.07) is 34.5. The molecule has 0 saturated heterocycles. The zero-order valence-corrected chi connectivity index (χ0v) is 21.4. The molecule has 0 aliphatic heterocycles. The van der Waals surface area contributed by atoms with Gasteiger partial charge in [0.25, 0.3) is 5.91 Å². The Bertz CT molecular complexity index is 1520. The third-order valence-electron chi connectivity index (χ3n) is 6.49. The number of carbonyl (C=O) groups is 2. The standard InChI is InChI=1S/C33H29NO5/c35-31(36)16-7-8-19-38-28-15-9-14-25(21-28)30-22-27-20-26(17-18-29(27)39-30)33(37)34-32(23-10-3-1-4-11-23)24-12-5-2-6-13-24/h1-6,9-15,17-18,20-22,32H,7-8,16,19H2,(H,34,37)(H,35,36). The van der Waals surface area contributed by atoms with Gasteiger partial charge in [0.15, 0.2) is 0 Å². The van der Waals surface area contributed by atoms with E-state index in [2.05, 4.69) is 5.32 Å². The lowest BCUT2D eigenvalue weighted by atomic mass is 9.98. The van der Waals surface area contributed by atoms with Crippen molar-refractivity contribution in [3.05, 3.63) is 126 Å². The van der Waals surface area contributed by atoms with Crippen LogP contribution < -0.4 is 10.1 Å². The molecule has 0 bridgehead atoms. The molecule has 0 spiro atoms. The van der Waals surface area contributed by atoms with Crippen LogP contribution >= 0.6 is 0 Å². The lowest BCUT2D eigenvalue weighted by molar-refractivity contribution is -0.137. The van der Waals surface area contributed by atoms with Crippen LogP contribution in [-0.4, -0.2) is 23.6 Å². The number of carbonyl (C=O) groups excluding carboxylic acids is 1. The molecule has 0 unspecified atom stereocenters. The molecule has 0 saturated carbocycles. The first-order chi connectivity index (χ1) is 19.1. The molecule has 0 aliphatic rings. The number of hydrogen-bond acceptors (Lipinski definition) is 4. The second-order valence-corrected chi connectivity index (χ2v) is 9.32. The number of fused-ring (bicyclic) bond motifs is 1. The lowest BCUT2D eigenvalue weighted by Crippen LogP contribution is -2.29. The summed E-state index contributed by atoms with van der Waals surface area (Å²) in [5.41, 5.74) is 4.10. The lowest BCUT2D eigenvalue weighted by Gasteiger charge is -2.20. The fourth-order valence-corrected chi connectivity index (χ4v) is 4.50. The van der Waals surface area contributed by atoms with Gasteiger partial charge in [0, 0.05) is 22.9 Å². The second-order valence-electron chi connectivity index (χ2n) is 9.32. The molecule has 6 heteroatoms. The number of carboxylic acid groups (broad SMARTS) is 1. The van der Waals surface area contributed by atoms with E-state index in [4.69, 9.17) is 14.3 Å². The molecule has 0 fully saturated rings. The number of aliphatic carboxylic acids is 1. The van der Waals surface area contributed by atoms with Crippen molar-refractivity contribution in [2.75, 3.05) is 6.61 Å². The van der Waals surface area contributed by atoms with Gasteiger partial charge in [-0.2, -0.15) is 0 Å². The number of unbranched alkanes of at least 4 members (excludes halogenated alkanes) is 1. The monoisotopic (exact) mass is 519 g/mol. The molecule has 1 aromatic heterocycles. The Hall–Kier alpha value is -4.84. The minimum atomic E-state index is -0.797. The second kappa shape index (κ2) is 12.1. The average Bonchev–Trinajstić information content (AvgIpc) is 3.40. The molecular formula is C33H29NO5. The molecule has 0 aliphatic carbocycles. The van der Waals surface area contributed by atoms with Crippen LogP contribution in [0.25, 0.3) is 22.3 Å². The van der Waals surface area contributed by atoms with E-state index in [1.807, 2.05) is 103 Å². The Morgan fingerprint density at radius 2 is 1.51 bits per heavy atom. The van der Waals surface area contributed by atoms with Crippen molar-refractivity contribution in [1.29, 1.82) is 0 Å². The quantitative estimate of drug-likeness (QED) is 0.179. The molecule has 5 aromatic rings. The zero-order valence-electron chi connectivity index (χ0n) is 21.4. The topological polar surface area (TPSA) is 88.8 Å². The molecule has 196 valence electrons. The smallest absolute Gasteiger partial charge is 0.303 e. The summed E-state index contributed by atoms with van der Waals surface area (Å²) < 4.78 is 11.9. The van der Waals surface area contributed by atoms with Gasteiger partial charge in [0.05, 0.1) is 12.6 Å². The molecule has 1 heterocycles. The minimum absolute atomic E-state index is 0.140. The van der Waals surface area contributed by atoms with Crippen molar-refractivity contribution in [3.63, 3.8) is 0 Å². The molecule has 5 rings (SSSR count). The molecule has 2 N–H and O–H groups in total. The maximum Gasteiger partial charge on any atom is 0.303 e. The van der Waals surface area contributed by atoms with E-state index in [0.29, 0.717) is 42.1 Å². The van der Waals surface area contributed by atoms with Crippen molar-refractivity contribution >= 4 is 22.8 Å². The highest BCUT2D eigenvalue weighted by molar-refractivity contribution is 5.98. The first-order valence-corrected chi connectivity index (χ1v) is 13.0. The van der Waals surface area contributed by atoms with Crippen LogP contribution in [0.1, 0.15) is 46.8 Å². The van der Waals surface area contributed by atoms with Gasteiger partial charge in [0.1, 0.15) is 17.1 Å². The number of amides is 1. The Kier molecular flexibility index (Phi) is 8.03. The molecule has 4 aromatic carbocycles. The van der Waals surface area contributed by atoms with Crippen LogP contribution in [-0.2, 0) is 4.79 Å². The molecule has 0 atom stereocenters. The van der Waals surface area contributed by atoms with Crippen LogP contribution in [0.15, 0.2) is 114 Å². The maximum absolute atomic E-state index is 13.4. The van der Waals surface area contributed by atoms with E-state index >= 15 is 0 Å². The van der Waals surface area contributed by atoms with Gasteiger partial charge in [-0.25, -0.2) is 0 Å². The number of carboxylic acids is 1. The number of benzene rings is 4. The Morgan fingerprint density at radius 3 is 2.21 bits per heavy atom. The van der Waals surface area contributed by atoms with Crippen LogP contribution in [0.2, 0.25) is 0 Å². The number of rotatable bonds is 11. The highest BCUT2D eigenvalue weighted by Gasteiger charge is 2.18. The highest BCUT2D eigenvalue weighted by atomic mass is 16.5. The Morgan fingerprint density at radius 1 is 0.795 bits per heavy atom. The van der Waals surface area contributed by atoms with Crippen LogP contribution in [0.5, 0.6) is 5.75 Å². The SMILES string of the molecule is O=C(O)CCCCOc1cccc(-c2cc3cc(C(=O)NC(c4ccccc4)c4ccccc4)ccc3o2)c1. The zero-order chi connectivity index (χ0) is 27.0. The van der Waals surface area contributed by atoms with Gasteiger partial charge in [-0.15, -0.1) is 0 Å². The summed E-state index contributed by atoms with van der Waals surface area (Å²) in [5, 5.41) is 12.8. The highest BCUT2D eigenvalue weighted by Crippen LogP contribution is 2.31. The van der Waals surface area contributed by atoms with Gasteiger partial charge in [-0.1, -0.05) is 72.8 Å². The van der Waals surface area contributed by atoms with E-state index < -0.39 is 5.97 Å². The first kappa shape index (κ1) is 25.8. The van der Waals surface area contributed by atoms with Crippen LogP contribution in [0.4, 0.5) is 0 Å². The van der Waals surface area contributed by atoms with E-state index in [1.54, 1.807) is 6.07 Å². The van der Waals surface area contributed by atoms with E-state index in [0.717, 1.165) is 22.1 Å². The largest absolute Gasteiger partial charge is 0.494 e. The van der Waals surface area contributed by atoms with Crippen LogP contribution in [0.3, 0.4) is 0 Å². The first-order valence-electron chi connectivity index (χ1n) is 13.0. The molecule has 6 nitrogen and oxygen atoms in total. The molecule has 1 amide bonds. The normalized spacial score (nSPS) is 11.0. The summed E-state index contributed by atoms with van der Waals surface area (Å²) in [6.07, 6.45) is 1.38. The third kappa shape index (κ3) is 6.54. The van der Waals surface area contributed by atoms with Gasteiger partial charge in [0.2, 0.25) is 0 Å². The number of nitrogens with one attached hydrogen (secondary N) is 1. The molecule has 39 heavy (non-hydrogen) atoms. The van der Waals surface area contributed by atoms with E-state index in [1.165, 1.54) is 0 Å². The molecular weight excluding hydrogens is 490 g/mol. The van der Waals surface area contributed by atoms with Crippen molar-refractivity contribution in [1.82, 2.24) is 5.32 Å². The number of hydrogen-bond donors (Lipinski definition) is 2. The maximum atomic E-state index is 13.4. The van der Waals surface area contributed by atoms with Crippen molar-refractivity contribution < 1.29 is 23.8 Å². The fourth-order valence-electron chi connectivity index (χ4n) is 4.50. The van der Waals surface area contributed by atoms with Gasteiger partial charge < -0.3 is 19.6 Å². The van der Waals surface area contributed by atoms with Gasteiger partial charge >= 0.3 is 5.97 Å². The third-order valence-corrected chi connectivity index (χ3v) is 6.49. The minimum Gasteiger partial charge on any atom is -0.494 e. The summed E-state index contributed by atoms with van der Waals surface area (Å²) >= 11 is 0. The fraction of sp³-hybridized carbons (Fsp3) is 0.152. The Balaban J connectivity index is 1.32. The summed E-state index contributed by atoms with van der Waals surface area (Å²) in [4.78, 5) is 24.0. The van der Waals surface area contributed by atoms with E-state index in [-0.39, 0.29) is 18.4 Å². The van der Waals surface area contributed by atoms with Crippen molar-refractivity contribution in [2.24, 2.45) is 0 Å². The van der Waals surface area contributed by atoms with Gasteiger partial charge in [-0.3, -0.25) is 9.59 Å². The summed E-state index contributed by atoms with van der Waals surface area (Å²) in [7, 11) is 0. The predicted molar refractivity (Wildman–Crippen MR) is 151 cm³/mol. The summed E-state index contributed by atoms with van der Waals surface area (Å²) in [6.45, 7) is 0.447. The van der Waals surface area contributed by atoms with Crippen molar-refractivity contribution in [2.45, 2.75) is 25.3 Å². The number of ether oxygens (including phenoxy) is 1. The molecule has 0 radical (unpaired) electrons. The Labute approximate surface area is 226 Å². The number of furan rings is 1. The van der Waals surface area contributed by atoms with Gasteiger partial charge in [-0.05, 0) is 60.4 Å².